The Morgan fingerprint density at radius 2 is 2.04 bits per heavy atom. The van der Waals surface area contributed by atoms with E-state index in [0.29, 0.717) is 11.3 Å². The Hall–Kier alpha value is -3.15. The highest BCUT2D eigenvalue weighted by Crippen LogP contribution is 2.43. The Morgan fingerprint density at radius 1 is 1.25 bits per heavy atom. The number of Topliss-reactive ketones (excluding diaryl/α,β-unsaturated/α-hetero) is 1. The van der Waals surface area contributed by atoms with Crippen molar-refractivity contribution in [1.29, 1.82) is 0 Å². The second-order valence-corrected chi connectivity index (χ2v) is 5.52. The topological polar surface area (TPSA) is 88.5 Å². The molecule has 2 aromatic rings. The molecule has 1 aromatic heterocycles. The smallest absolute Gasteiger partial charge is 0.223 e. The number of ether oxygens (including phenoxy) is 1. The Kier molecular flexibility index (Phi) is 4.04. The number of hydrogen-bond donors (Lipinski definition) is 2. The zero-order valence-electron chi connectivity index (χ0n) is 13.2. The zero-order valence-corrected chi connectivity index (χ0v) is 13.2. The van der Waals surface area contributed by atoms with Crippen LogP contribution in [0.2, 0.25) is 0 Å². The highest BCUT2D eigenvalue weighted by molar-refractivity contribution is 5.97. The summed E-state index contributed by atoms with van der Waals surface area (Å²) in [6.45, 7) is 2.76. The minimum absolute atomic E-state index is 0.0344. The fourth-order valence-corrected chi connectivity index (χ4v) is 2.81. The van der Waals surface area contributed by atoms with Gasteiger partial charge in [-0.3, -0.25) is 19.9 Å². The molecular weight excluding hydrogens is 308 g/mol. The molecule has 122 valence electrons. The molecule has 1 unspecified atom stereocenters. The van der Waals surface area contributed by atoms with Crippen LogP contribution in [-0.4, -0.2) is 21.8 Å². The summed E-state index contributed by atoms with van der Waals surface area (Å²) in [5.74, 6) is -0.502. The van der Waals surface area contributed by atoms with Crippen molar-refractivity contribution in [2.24, 2.45) is 0 Å². The molecule has 2 heterocycles. The summed E-state index contributed by atoms with van der Waals surface area (Å²) < 4.78 is 5.70. The lowest BCUT2D eigenvalue weighted by Gasteiger charge is -2.29. The SMILES string of the molecule is CC(=O)NC1=C(C(C)=O)C(c2cccnc2)c2ccc(O)cc2O1. The van der Waals surface area contributed by atoms with Gasteiger partial charge in [0.05, 0.1) is 5.57 Å². The standard InChI is InChI=1S/C18H16N2O4/c1-10(21)16-17(12-4-3-7-19-9-12)14-6-5-13(23)8-15(14)24-18(16)20-11(2)22/h3-9,17,23H,1-2H3,(H,20,22). The normalized spacial score (nSPS) is 16.2. The van der Waals surface area contributed by atoms with Crippen molar-refractivity contribution in [3.8, 4) is 11.5 Å². The number of nitrogens with one attached hydrogen (secondary N) is 1. The second kappa shape index (κ2) is 6.16. The molecule has 24 heavy (non-hydrogen) atoms. The van der Waals surface area contributed by atoms with Gasteiger partial charge in [0.2, 0.25) is 11.8 Å². The Labute approximate surface area is 138 Å². The lowest BCUT2D eigenvalue weighted by molar-refractivity contribution is -0.118. The first-order valence-corrected chi connectivity index (χ1v) is 7.40. The van der Waals surface area contributed by atoms with Gasteiger partial charge in [0.15, 0.2) is 5.78 Å². The van der Waals surface area contributed by atoms with Gasteiger partial charge in [0.1, 0.15) is 11.5 Å². The van der Waals surface area contributed by atoms with Crippen molar-refractivity contribution in [2.45, 2.75) is 19.8 Å². The van der Waals surface area contributed by atoms with Gasteiger partial charge in [-0.25, -0.2) is 0 Å². The monoisotopic (exact) mass is 324 g/mol. The van der Waals surface area contributed by atoms with Crippen molar-refractivity contribution in [1.82, 2.24) is 10.3 Å². The summed E-state index contributed by atoms with van der Waals surface area (Å²) in [4.78, 5) is 27.9. The third-order valence-corrected chi connectivity index (χ3v) is 3.74. The highest BCUT2D eigenvalue weighted by atomic mass is 16.5. The van der Waals surface area contributed by atoms with Gasteiger partial charge in [-0.2, -0.15) is 0 Å². The minimum Gasteiger partial charge on any atom is -0.508 e. The lowest BCUT2D eigenvalue weighted by Crippen LogP contribution is -2.31. The number of amides is 1. The molecule has 1 aliphatic heterocycles. The van der Waals surface area contributed by atoms with Crippen LogP contribution in [0.4, 0.5) is 0 Å². The number of benzene rings is 1. The molecule has 1 aromatic carbocycles. The third-order valence-electron chi connectivity index (χ3n) is 3.74. The molecule has 0 bridgehead atoms. The van der Waals surface area contributed by atoms with Gasteiger partial charge in [-0.1, -0.05) is 12.1 Å². The average molecular weight is 324 g/mol. The number of aromatic hydroxyl groups is 1. The first-order valence-electron chi connectivity index (χ1n) is 7.40. The summed E-state index contributed by atoms with van der Waals surface area (Å²) in [5, 5.41) is 12.3. The number of hydrogen-bond acceptors (Lipinski definition) is 5. The Balaban J connectivity index is 2.25. The van der Waals surface area contributed by atoms with Crippen LogP contribution in [0, 0.1) is 0 Å². The molecular formula is C18H16N2O4. The van der Waals surface area contributed by atoms with E-state index in [-0.39, 0.29) is 23.3 Å². The summed E-state index contributed by atoms with van der Waals surface area (Å²) in [5.41, 5.74) is 1.86. The molecule has 2 N–H and O–H groups in total. The largest absolute Gasteiger partial charge is 0.508 e. The first-order chi connectivity index (χ1) is 11.5. The number of fused-ring (bicyclic) bond motifs is 1. The first kappa shape index (κ1) is 15.7. The number of nitrogens with zero attached hydrogens (tertiary/aromatic N) is 1. The maximum atomic E-state index is 12.3. The quantitative estimate of drug-likeness (QED) is 0.904. The van der Waals surface area contributed by atoms with E-state index in [2.05, 4.69) is 10.3 Å². The van der Waals surface area contributed by atoms with Gasteiger partial charge in [0.25, 0.3) is 0 Å². The molecule has 0 saturated carbocycles. The van der Waals surface area contributed by atoms with Crippen LogP contribution in [0.3, 0.4) is 0 Å². The molecule has 0 radical (unpaired) electrons. The molecule has 0 saturated heterocycles. The van der Waals surface area contributed by atoms with E-state index >= 15 is 0 Å². The van der Waals surface area contributed by atoms with Crippen molar-refractivity contribution in [3.05, 3.63) is 65.3 Å². The van der Waals surface area contributed by atoms with Gasteiger partial charge in [-0.05, 0) is 24.6 Å². The van der Waals surface area contributed by atoms with E-state index in [1.165, 1.54) is 26.0 Å². The molecule has 0 spiro atoms. The lowest BCUT2D eigenvalue weighted by atomic mass is 9.82. The van der Waals surface area contributed by atoms with E-state index < -0.39 is 5.92 Å². The van der Waals surface area contributed by atoms with Crippen molar-refractivity contribution in [2.75, 3.05) is 0 Å². The molecule has 6 heteroatoms. The number of phenols is 1. The minimum atomic E-state index is -0.442. The molecule has 0 fully saturated rings. The number of carbonyl (C=O) groups excluding carboxylic acids is 2. The highest BCUT2D eigenvalue weighted by Gasteiger charge is 2.34. The summed E-state index contributed by atoms with van der Waals surface area (Å²) in [6.07, 6.45) is 3.31. The van der Waals surface area contributed by atoms with Crippen LogP contribution in [0.15, 0.2) is 54.2 Å². The van der Waals surface area contributed by atoms with Gasteiger partial charge in [0, 0.05) is 36.9 Å². The number of allylic oxidation sites excluding steroid dienone is 1. The Bertz CT molecular complexity index is 843. The van der Waals surface area contributed by atoms with Crippen LogP contribution in [0.1, 0.15) is 30.9 Å². The number of aromatic nitrogens is 1. The predicted molar refractivity (Wildman–Crippen MR) is 86.3 cm³/mol. The van der Waals surface area contributed by atoms with E-state index in [0.717, 1.165) is 11.1 Å². The van der Waals surface area contributed by atoms with Crippen LogP contribution in [0.25, 0.3) is 0 Å². The van der Waals surface area contributed by atoms with Crippen LogP contribution in [-0.2, 0) is 9.59 Å². The second-order valence-electron chi connectivity index (χ2n) is 5.52. The number of rotatable bonds is 3. The molecule has 1 amide bonds. The molecule has 1 aliphatic rings. The molecule has 0 aliphatic carbocycles. The summed E-state index contributed by atoms with van der Waals surface area (Å²) in [6, 6.07) is 8.33. The van der Waals surface area contributed by atoms with E-state index in [1.807, 2.05) is 6.07 Å². The average Bonchev–Trinajstić information content (AvgIpc) is 2.53. The number of carbonyl (C=O) groups is 2. The summed E-state index contributed by atoms with van der Waals surface area (Å²) >= 11 is 0. The van der Waals surface area contributed by atoms with E-state index in [9.17, 15) is 14.7 Å². The predicted octanol–water partition coefficient (Wildman–Crippen LogP) is 2.25. The van der Waals surface area contributed by atoms with E-state index in [1.54, 1.807) is 24.5 Å². The fraction of sp³-hybridized carbons (Fsp3) is 0.167. The van der Waals surface area contributed by atoms with Crippen LogP contribution in [0.5, 0.6) is 11.5 Å². The van der Waals surface area contributed by atoms with Gasteiger partial charge < -0.3 is 9.84 Å². The summed E-state index contributed by atoms with van der Waals surface area (Å²) in [7, 11) is 0. The van der Waals surface area contributed by atoms with Crippen LogP contribution < -0.4 is 10.1 Å². The maximum Gasteiger partial charge on any atom is 0.223 e. The molecule has 1 atom stereocenters. The number of ketones is 1. The van der Waals surface area contributed by atoms with Gasteiger partial charge >= 0.3 is 0 Å². The fourth-order valence-electron chi connectivity index (χ4n) is 2.81. The van der Waals surface area contributed by atoms with Crippen molar-refractivity contribution >= 4 is 11.7 Å². The zero-order chi connectivity index (χ0) is 17.3. The maximum absolute atomic E-state index is 12.3. The van der Waals surface area contributed by atoms with Crippen molar-refractivity contribution < 1.29 is 19.4 Å². The van der Waals surface area contributed by atoms with E-state index in [4.69, 9.17) is 4.74 Å². The molecule has 6 nitrogen and oxygen atoms in total. The number of pyridine rings is 1. The Morgan fingerprint density at radius 3 is 2.67 bits per heavy atom. The number of phenolic OH excluding ortho intramolecular Hbond substituents is 1. The third kappa shape index (κ3) is 2.86. The van der Waals surface area contributed by atoms with Gasteiger partial charge in [-0.15, -0.1) is 0 Å². The molecule has 3 rings (SSSR count). The van der Waals surface area contributed by atoms with Crippen LogP contribution >= 0.6 is 0 Å². The van der Waals surface area contributed by atoms with Crippen molar-refractivity contribution in [3.63, 3.8) is 0 Å².